The monoisotopic (exact) mass is 268 g/mol. The molecule has 1 amide bonds. The molecule has 19 heavy (non-hydrogen) atoms. The van der Waals surface area contributed by atoms with Gasteiger partial charge in [-0.3, -0.25) is 9.69 Å². The summed E-state index contributed by atoms with van der Waals surface area (Å²) in [6.45, 7) is 8.52. The minimum Gasteiger partial charge on any atom is -0.347 e. The van der Waals surface area contributed by atoms with Crippen molar-refractivity contribution in [2.75, 3.05) is 53.4 Å². The molecule has 0 saturated carbocycles. The van der Waals surface area contributed by atoms with Crippen LogP contribution in [0.2, 0.25) is 0 Å². The maximum absolute atomic E-state index is 12.3. The third-order valence-corrected chi connectivity index (χ3v) is 4.48. The average molecular weight is 268 g/mol. The van der Waals surface area contributed by atoms with Gasteiger partial charge in [0.2, 0.25) is 5.91 Å². The molecule has 1 N–H and O–H groups in total. The Bertz CT molecular complexity index is 300. The molecule has 2 aliphatic rings. The summed E-state index contributed by atoms with van der Waals surface area (Å²) >= 11 is 0. The molecule has 110 valence electrons. The summed E-state index contributed by atoms with van der Waals surface area (Å²) in [5.74, 6) is 0.241. The van der Waals surface area contributed by atoms with Gasteiger partial charge in [-0.1, -0.05) is 6.92 Å². The molecule has 0 radical (unpaired) electrons. The largest absolute Gasteiger partial charge is 0.347 e. The van der Waals surface area contributed by atoms with E-state index in [1.807, 2.05) is 14.1 Å². The molecule has 1 unspecified atom stereocenters. The fraction of sp³-hybridized carbons (Fsp3) is 0.929. The molecule has 2 saturated heterocycles. The van der Waals surface area contributed by atoms with Gasteiger partial charge in [0.25, 0.3) is 0 Å². The van der Waals surface area contributed by atoms with E-state index in [-0.39, 0.29) is 11.9 Å². The van der Waals surface area contributed by atoms with Crippen LogP contribution in [0.25, 0.3) is 0 Å². The number of hydrogen-bond donors (Lipinski definition) is 1. The molecule has 0 bridgehead atoms. The second-order valence-corrected chi connectivity index (χ2v) is 5.86. The Morgan fingerprint density at radius 3 is 2.53 bits per heavy atom. The Hall–Kier alpha value is -0.650. The Morgan fingerprint density at radius 1 is 1.26 bits per heavy atom. The third kappa shape index (κ3) is 3.46. The van der Waals surface area contributed by atoms with Gasteiger partial charge in [-0.05, 0) is 32.5 Å². The highest BCUT2D eigenvalue weighted by Gasteiger charge is 2.35. The molecule has 2 fully saturated rings. The quantitative estimate of drug-likeness (QED) is 0.771. The Labute approximate surface area is 116 Å². The zero-order chi connectivity index (χ0) is 13.8. The van der Waals surface area contributed by atoms with Gasteiger partial charge >= 0.3 is 0 Å². The molecular weight excluding hydrogens is 240 g/mol. The van der Waals surface area contributed by atoms with Gasteiger partial charge in [-0.25, -0.2) is 0 Å². The summed E-state index contributed by atoms with van der Waals surface area (Å²) in [4.78, 5) is 19.0. The third-order valence-electron chi connectivity index (χ3n) is 4.48. The molecule has 5 nitrogen and oxygen atoms in total. The molecular formula is C14H28N4O. The van der Waals surface area contributed by atoms with Gasteiger partial charge in [-0.15, -0.1) is 0 Å². The standard InChI is InChI=1S/C14H28N4O/c1-4-17-8-5-12(6-9-17)18-10-7-15-11-13(18)14(19)16(2)3/h12-13,15H,4-11H2,1-3H3. The van der Waals surface area contributed by atoms with Crippen LogP contribution in [0.4, 0.5) is 0 Å². The summed E-state index contributed by atoms with van der Waals surface area (Å²) in [5.41, 5.74) is 0. The van der Waals surface area contributed by atoms with E-state index >= 15 is 0 Å². The number of piperidine rings is 1. The van der Waals surface area contributed by atoms with E-state index in [0.717, 1.165) is 26.2 Å². The zero-order valence-electron chi connectivity index (χ0n) is 12.6. The van der Waals surface area contributed by atoms with Crippen LogP contribution in [0, 0.1) is 0 Å². The maximum Gasteiger partial charge on any atom is 0.240 e. The molecule has 0 aromatic heterocycles. The lowest BCUT2D eigenvalue weighted by Gasteiger charge is -2.44. The highest BCUT2D eigenvalue weighted by atomic mass is 16.2. The number of carbonyl (C=O) groups is 1. The smallest absolute Gasteiger partial charge is 0.240 e. The fourth-order valence-electron chi connectivity index (χ4n) is 3.25. The van der Waals surface area contributed by atoms with Crippen LogP contribution >= 0.6 is 0 Å². The molecule has 1 atom stereocenters. The number of nitrogens with one attached hydrogen (secondary N) is 1. The summed E-state index contributed by atoms with van der Waals surface area (Å²) in [5, 5.41) is 3.36. The topological polar surface area (TPSA) is 38.8 Å². The molecule has 0 spiro atoms. The van der Waals surface area contributed by atoms with E-state index in [1.165, 1.54) is 25.9 Å². The van der Waals surface area contributed by atoms with Gasteiger partial charge in [0.05, 0.1) is 0 Å². The van der Waals surface area contributed by atoms with Crippen LogP contribution < -0.4 is 5.32 Å². The second kappa shape index (κ2) is 6.68. The van der Waals surface area contributed by atoms with E-state index < -0.39 is 0 Å². The first kappa shape index (κ1) is 14.8. The van der Waals surface area contributed by atoms with Crippen LogP contribution in [0.1, 0.15) is 19.8 Å². The van der Waals surface area contributed by atoms with Crippen molar-refractivity contribution in [1.29, 1.82) is 0 Å². The van der Waals surface area contributed by atoms with E-state index in [1.54, 1.807) is 4.90 Å². The van der Waals surface area contributed by atoms with E-state index in [4.69, 9.17) is 0 Å². The number of piperazine rings is 1. The van der Waals surface area contributed by atoms with Gasteiger partial charge in [0.1, 0.15) is 6.04 Å². The summed E-state index contributed by atoms with van der Waals surface area (Å²) in [6.07, 6.45) is 2.40. The first-order chi connectivity index (χ1) is 9.13. The molecule has 2 aliphatic heterocycles. The maximum atomic E-state index is 12.3. The fourth-order valence-corrected chi connectivity index (χ4v) is 3.25. The van der Waals surface area contributed by atoms with Crippen LogP contribution in [0.5, 0.6) is 0 Å². The number of amides is 1. The Balaban J connectivity index is 1.98. The van der Waals surface area contributed by atoms with Crippen molar-refractivity contribution in [2.45, 2.75) is 31.8 Å². The lowest BCUT2D eigenvalue weighted by atomic mass is 9.99. The molecule has 0 aliphatic carbocycles. The number of likely N-dealkylation sites (tertiary alicyclic amines) is 1. The summed E-state index contributed by atoms with van der Waals surface area (Å²) < 4.78 is 0. The SMILES string of the molecule is CCN1CCC(N2CCNCC2C(=O)N(C)C)CC1. The first-order valence-corrected chi connectivity index (χ1v) is 7.53. The number of carbonyl (C=O) groups excluding carboxylic acids is 1. The number of hydrogen-bond acceptors (Lipinski definition) is 4. The van der Waals surface area contributed by atoms with Gasteiger partial charge in [0.15, 0.2) is 0 Å². The van der Waals surface area contributed by atoms with E-state index in [0.29, 0.717) is 6.04 Å². The van der Waals surface area contributed by atoms with E-state index in [2.05, 4.69) is 22.0 Å². The van der Waals surface area contributed by atoms with Crippen molar-refractivity contribution in [3.63, 3.8) is 0 Å². The van der Waals surface area contributed by atoms with E-state index in [9.17, 15) is 4.79 Å². The Kier molecular flexibility index (Phi) is 5.19. The molecule has 2 rings (SSSR count). The highest BCUT2D eigenvalue weighted by Crippen LogP contribution is 2.20. The van der Waals surface area contributed by atoms with Crippen LogP contribution in [0.3, 0.4) is 0 Å². The van der Waals surface area contributed by atoms with Crippen molar-refractivity contribution < 1.29 is 4.79 Å². The lowest BCUT2D eigenvalue weighted by molar-refractivity contribution is -0.136. The second-order valence-electron chi connectivity index (χ2n) is 5.86. The van der Waals surface area contributed by atoms with Crippen molar-refractivity contribution in [3.05, 3.63) is 0 Å². The van der Waals surface area contributed by atoms with Gasteiger partial charge < -0.3 is 15.1 Å². The Morgan fingerprint density at radius 2 is 1.95 bits per heavy atom. The zero-order valence-corrected chi connectivity index (χ0v) is 12.6. The average Bonchev–Trinajstić information content (AvgIpc) is 2.46. The van der Waals surface area contributed by atoms with Crippen molar-refractivity contribution in [1.82, 2.24) is 20.0 Å². The van der Waals surface area contributed by atoms with Gasteiger partial charge in [0, 0.05) is 39.8 Å². The highest BCUT2D eigenvalue weighted by molar-refractivity contribution is 5.81. The van der Waals surface area contributed by atoms with Crippen molar-refractivity contribution in [3.8, 4) is 0 Å². The normalized spacial score (nSPS) is 27.4. The van der Waals surface area contributed by atoms with Crippen LogP contribution in [-0.2, 0) is 4.79 Å². The predicted molar refractivity (Wildman–Crippen MR) is 77.2 cm³/mol. The minimum absolute atomic E-state index is 0.0296. The first-order valence-electron chi connectivity index (χ1n) is 7.53. The number of rotatable bonds is 3. The predicted octanol–water partition coefficient (Wildman–Crippen LogP) is -0.167. The number of likely N-dealkylation sites (N-methyl/N-ethyl adjacent to an activating group) is 1. The van der Waals surface area contributed by atoms with Gasteiger partial charge in [-0.2, -0.15) is 0 Å². The molecule has 0 aromatic carbocycles. The summed E-state index contributed by atoms with van der Waals surface area (Å²) in [6, 6.07) is 0.612. The summed E-state index contributed by atoms with van der Waals surface area (Å²) in [7, 11) is 3.71. The lowest BCUT2D eigenvalue weighted by Crippen LogP contribution is -2.61. The van der Waals surface area contributed by atoms with Crippen molar-refractivity contribution >= 4 is 5.91 Å². The van der Waals surface area contributed by atoms with Crippen LogP contribution in [0.15, 0.2) is 0 Å². The number of nitrogens with zero attached hydrogens (tertiary/aromatic N) is 3. The van der Waals surface area contributed by atoms with Crippen molar-refractivity contribution in [2.24, 2.45) is 0 Å². The molecule has 5 heteroatoms. The minimum atomic E-state index is 0.0296. The molecule has 0 aromatic rings. The molecule has 2 heterocycles. The van der Waals surface area contributed by atoms with Crippen LogP contribution in [-0.4, -0.2) is 86.1 Å².